The third-order valence-corrected chi connectivity index (χ3v) is 5.37. The summed E-state index contributed by atoms with van der Waals surface area (Å²) in [6.45, 7) is 3.12. The van der Waals surface area contributed by atoms with Gasteiger partial charge in [-0.15, -0.1) is 0 Å². The van der Waals surface area contributed by atoms with Crippen molar-refractivity contribution in [3.05, 3.63) is 65.9 Å². The van der Waals surface area contributed by atoms with E-state index in [1.165, 1.54) is 24.8 Å². The van der Waals surface area contributed by atoms with Crippen LogP contribution in [0.3, 0.4) is 0 Å². The SMILES string of the molecule is COc1cccc2c(NC(c3ccccc3)C3CCCCN3)cc(C)nc12. The molecular weight excluding hydrogens is 334 g/mol. The Balaban J connectivity index is 1.77. The molecule has 27 heavy (non-hydrogen) atoms. The highest BCUT2D eigenvalue weighted by Gasteiger charge is 2.25. The Morgan fingerprint density at radius 1 is 1.11 bits per heavy atom. The van der Waals surface area contributed by atoms with Gasteiger partial charge in [0.15, 0.2) is 0 Å². The van der Waals surface area contributed by atoms with Crippen molar-refractivity contribution in [2.24, 2.45) is 0 Å². The van der Waals surface area contributed by atoms with E-state index in [4.69, 9.17) is 9.72 Å². The Kier molecular flexibility index (Phi) is 5.26. The highest BCUT2D eigenvalue weighted by molar-refractivity contribution is 5.95. The first-order chi connectivity index (χ1) is 13.3. The predicted octanol–water partition coefficient (Wildman–Crippen LogP) is 4.85. The second-order valence-corrected chi connectivity index (χ2v) is 7.26. The van der Waals surface area contributed by atoms with Gasteiger partial charge < -0.3 is 15.4 Å². The Hall–Kier alpha value is -2.59. The standard InChI is InChI=1S/C23H27N3O/c1-16-15-20(18-11-8-13-21(27-2)23(18)25-16)26-22(17-9-4-3-5-10-17)19-12-6-7-14-24-19/h3-5,8-11,13,15,19,22,24H,6-7,12,14H2,1-2H3,(H,25,26). The maximum Gasteiger partial charge on any atom is 0.145 e. The number of benzene rings is 2. The second-order valence-electron chi connectivity index (χ2n) is 7.26. The van der Waals surface area contributed by atoms with E-state index in [9.17, 15) is 0 Å². The smallest absolute Gasteiger partial charge is 0.145 e. The highest BCUT2D eigenvalue weighted by atomic mass is 16.5. The maximum atomic E-state index is 5.54. The molecule has 2 unspecified atom stereocenters. The zero-order chi connectivity index (χ0) is 18.6. The number of methoxy groups -OCH3 is 1. The van der Waals surface area contributed by atoms with Crippen LogP contribution in [0.15, 0.2) is 54.6 Å². The van der Waals surface area contributed by atoms with Gasteiger partial charge in [0.25, 0.3) is 0 Å². The molecule has 0 amide bonds. The van der Waals surface area contributed by atoms with E-state index >= 15 is 0 Å². The molecule has 3 aromatic rings. The third kappa shape index (κ3) is 3.76. The number of ether oxygens (including phenoxy) is 1. The predicted molar refractivity (Wildman–Crippen MR) is 111 cm³/mol. The van der Waals surface area contributed by atoms with Gasteiger partial charge in [-0.3, -0.25) is 0 Å². The number of pyridine rings is 1. The number of fused-ring (bicyclic) bond motifs is 1. The van der Waals surface area contributed by atoms with Crippen molar-refractivity contribution < 1.29 is 4.74 Å². The molecule has 0 aliphatic carbocycles. The minimum atomic E-state index is 0.211. The fraction of sp³-hybridized carbons (Fsp3) is 0.348. The summed E-state index contributed by atoms with van der Waals surface area (Å²) in [4.78, 5) is 4.72. The van der Waals surface area contributed by atoms with Gasteiger partial charge >= 0.3 is 0 Å². The van der Waals surface area contributed by atoms with Crippen molar-refractivity contribution in [3.63, 3.8) is 0 Å². The fourth-order valence-corrected chi connectivity index (χ4v) is 4.04. The number of piperidine rings is 1. The number of nitrogens with zero attached hydrogens (tertiary/aromatic N) is 1. The lowest BCUT2D eigenvalue weighted by Crippen LogP contribution is -2.41. The van der Waals surface area contributed by atoms with Gasteiger partial charge in [-0.2, -0.15) is 0 Å². The lowest BCUT2D eigenvalue weighted by molar-refractivity contribution is 0.366. The normalized spacial score (nSPS) is 18.2. The van der Waals surface area contributed by atoms with Crippen molar-refractivity contribution in [1.82, 2.24) is 10.3 Å². The van der Waals surface area contributed by atoms with Gasteiger partial charge in [0.1, 0.15) is 11.3 Å². The van der Waals surface area contributed by atoms with Gasteiger partial charge in [0, 0.05) is 22.8 Å². The zero-order valence-corrected chi connectivity index (χ0v) is 16.0. The van der Waals surface area contributed by atoms with Crippen molar-refractivity contribution in [3.8, 4) is 5.75 Å². The van der Waals surface area contributed by atoms with Crippen LogP contribution in [0.25, 0.3) is 10.9 Å². The number of rotatable bonds is 5. The first-order valence-electron chi connectivity index (χ1n) is 9.75. The van der Waals surface area contributed by atoms with Gasteiger partial charge in [0.05, 0.1) is 13.2 Å². The number of nitrogens with one attached hydrogen (secondary N) is 2. The van der Waals surface area contributed by atoms with Crippen LogP contribution in [0, 0.1) is 6.92 Å². The molecule has 2 atom stereocenters. The number of para-hydroxylation sites is 1. The molecule has 4 heteroatoms. The van der Waals surface area contributed by atoms with Crippen LogP contribution in [0.4, 0.5) is 5.69 Å². The summed E-state index contributed by atoms with van der Waals surface area (Å²) in [6, 6.07) is 19.6. The summed E-state index contributed by atoms with van der Waals surface area (Å²) in [5.41, 5.74) is 4.31. The van der Waals surface area contributed by atoms with Crippen molar-refractivity contribution in [1.29, 1.82) is 0 Å². The second kappa shape index (κ2) is 7.97. The Bertz CT molecular complexity index is 904. The fourth-order valence-electron chi connectivity index (χ4n) is 4.04. The van der Waals surface area contributed by atoms with Crippen molar-refractivity contribution in [2.45, 2.75) is 38.3 Å². The van der Waals surface area contributed by atoms with E-state index in [0.29, 0.717) is 6.04 Å². The highest BCUT2D eigenvalue weighted by Crippen LogP contribution is 2.34. The minimum absolute atomic E-state index is 0.211. The number of aryl methyl sites for hydroxylation is 1. The molecule has 1 aliphatic heterocycles. The molecular formula is C23H27N3O. The zero-order valence-electron chi connectivity index (χ0n) is 16.0. The number of hydrogen-bond donors (Lipinski definition) is 2. The summed E-state index contributed by atoms with van der Waals surface area (Å²) >= 11 is 0. The Labute approximate surface area is 161 Å². The topological polar surface area (TPSA) is 46.2 Å². The van der Waals surface area contributed by atoms with Crippen LogP contribution in [0.1, 0.15) is 36.6 Å². The first kappa shape index (κ1) is 17.8. The summed E-state index contributed by atoms with van der Waals surface area (Å²) in [7, 11) is 1.70. The molecule has 1 fully saturated rings. The Morgan fingerprint density at radius 3 is 2.70 bits per heavy atom. The van der Waals surface area contributed by atoms with Crippen LogP contribution in [0.5, 0.6) is 5.75 Å². The van der Waals surface area contributed by atoms with E-state index in [-0.39, 0.29) is 6.04 Å². The molecule has 0 spiro atoms. The van der Waals surface area contributed by atoms with Gasteiger partial charge in [-0.05, 0) is 44.0 Å². The first-order valence-corrected chi connectivity index (χ1v) is 9.75. The number of hydrogen-bond acceptors (Lipinski definition) is 4. The van der Waals surface area contributed by atoms with Gasteiger partial charge in [-0.25, -0.2) is 4.98 Å². The molecule has 2 aromatic carbocycles. The molecule has 4 rings (SSSR count). The third-order valence-electron chi connectivity index (χ3n) is 5.37. The average Bonchev–Trinajstić information content (AvgIpc) is 2.72. The summed E-state index contributed by atoms with van der Waals surface area (Å²) < 4.78 is 5.54. The van der Waals surface area contributed by atoms with E-state index in [0.717, 1.165) is 34.6 Å². The van der Waals surface area contributed by atoms with Gasteiger partial charge in [0.2, 0.25) is 0 Å². The number of anilines is 1. The molecule has 4 nitrogen and oxygen atoms in total. The molecule has 2 heterocycles. The summed E-state index contributed by atoms with van der Waals surface area (Å²) in [5.74, 6) is 0.811. The molecule has 2 N–H and O–H groups in total. The van der Waals surface area contributed by atoms with Crippen LogP contribution in [0.2, 0.25) is 0 Å². The Morgan fingerprint density at radius 2 is 1.96 bits per heavy atom. The lowest BCUT2D eigenvalue weighted by Gasteiger charge is -2.33. The van der Waals surface area contributed by atoms with Crippen LogP contribution < -0.4 is 15.4 Å². The van der Waals surface area contributed by atoms with Crippen LogP contribution >= 0.6 is 0 Å². The molecule has 0 bridgehead atoms. The van der Waals surface area contributed by atoms with Crippen LogP contribution in [-0.2, 0) is 0 Å². The molecule has 1 aliphatic rings. The quantitative estimate of drug-likeness (QED) is 0.682. The average molecular weight is 361 g/mol. The molecule has 0 radical (unpaired) electrons. The minimum Gasteiger partial charge on any atom is -0.494 e. The maximum absolute atomic E-state index is 5.54. The lowest BCUT2D eigenvalue weighted by atomic mass is 9.92. The molecule has 140 valence electrons. The van der Waals surface area contributed by atoms with Crippen LogP contribution in [-0.4, -0.2) is 24.7 Å². The summed E-state index contributed by atoms with van der Waals surface area (Å²) in [6.07, 6.45) is 3.71. The molecule has 1 aromatic heterocycles. The number of aromatic nitrogens is 1. The molecule has 1 saturated heterocycles. The van der Waals surface area contributed by atoms with E-state index in [1.54, 1.807) is 7.11 Å². The monoisotopic (exact) mass is 361 g/mol. The van der Waals surface area contributed by atoms with Crippen molar-refractivity contribution >= 4 is 16.6 Å². The van der Waals surface area contributed by atoms with Crippen molar-refractivity contribution in [2.75, 3.05) is 19.0 Å². The van der Waals surface area contributed by atoms with Gasteiger partial charge in [-0.1, -0.05) is 48.9 Å². The summed E-state index contributed by atoms with van der Waals surface area (Å²) in [5, 5.41) is 8.66. The van der Waals surface area contributed by atoms with E-state index in [1.807, 2.05) is 19.1 Å². The largest absolute Gasteiger partial charge is 0.494 e. The molecule has 0 saturated carbocycles. The van der Waals surface area contributed by atoms with E-state index < -0.39 is 0 Å². The van der Waals surface area contributed by atoms with E-state index in [2.05, 4.69) is 53.1 Å².